The summed E-state index contributed by atoms with van der Waals surface area (Å²) in [6, 6.07) is 4.17. The van der Waals surface area contributed by atoms with Crippen LogP contribution in [0.5, 0.6) is 0 Å². The lowest BCUT2D eigenvalue weighted by Gasteiger charge is -2.03. The van der Waals surface area contributed by atoms with Gasteiger partial charge in [-0.05, 0) is 35.0 Å². The SMILES string of the molecule is CC(Cl)CNCc1ccc(Br)s1. The van der Waals surface area contributed by atoms with Crippen LogP contribution >= 0.6 is 38.9 Å². The first-order valence-corrected chi connectivity index (χ1v) is 5.82. The highest BCUT2D eigenvalue weighted by Crippen LogP contribution is 2.21. The highest BCUT2D eigenvalue weighted by molar-refractivity contribution is 9.11. The van der Waals surface area contributed by atoms with Crippen molar-refractivity contribution in [2.24, 2.45) is 0 Å². The molecule has 0 saturated carbocycles. The molecule has 0 aliphatic heterocycles. The standard InChI is InChI=1S/C8H11BrClNS/c1-6(10)4-11-5-7-2-3-8(9)12-7/h2-3,6,11H,4-5H2,1H3. The van der Waals surface area contributed by atoms with E-state index in [9.17, 15) is 0 Å². The molecule has 0 spiro atoms. The van der Waals surface area contributed by atoms with Crippen LogP contribution in [-0.4, -0.2) is 11.9 Å². The van der Waals surface area contributed by atoms with Crippen molar-refractivity contribution in [3.8, 4) is 0 Å². The maximum Gasteiger partial charge on any atom is 0.0701 e. The first-order chi connectivity index (χ1) is 5.68. The van der Waals surface area contributed by atoms with Gasteiger partial charge >= 0.3 is 0 Å². The Balaban J connectivity index is 2.24. The molecule has 1 nitrogen and oxygen atoms in total. The fourth-order valence-corrected chi connectivity index (χ4v) is 2.40. The van der Waals surface area contributed by atoms with Crippen LogP contribution in [0.1, 0.15) is 11.8 Å². The van der Waals surface area contributed by atoms with Gasteiger partial charge in [0.25, 0.3) is 0 Å². The number of rotatable bonds is 4. The zero-order valence-corrected chi connectivity index (χ0v) is 9.97. The molecule has 1 aromatic rings. The summed E-state index contributed by atoms with van der Waals surface area (Å²) in [5, 5.41) is 3.47. The van der Waals surface area contributed by atoms with E-state index in [0.29, 0.717) is 0 Å². The average molecular weight is 269 g/mol. The lowest BCUT2D eigenvalue weighted by molar-refractivity contribution is 0.686. The van der Waals surface area contributed by atoms with E-state index in [1.54, 1.807) is 11.3 Å². The van der Waals surface area contributed by atoms with E-state index < -0.39 is 0 Å². The second-order valence-corrected chi connectivity index (χ2v) is 5.91. The largest absolute Gasteiger partial charge is 0.310 e. The number of hydrogen-bond acceptors (Lipinski definition) is 2. The van der Waals surface area contributed by atoms with E-state index in [1.165, 1.54) is 8.66 Å². The third-order valence-electron chi connectivity index (χ3n) is 1.35. The van der Waals surface area contributed by atoms with Gasteiger partial charge in [-0.25, -0.2) is 0 Å². The first kappa shape index (κ1) is 10.5. The first-order valence-electron chi connectivity index (χ1n) is 3.77. The minimum Gasteiger partial charge on any atom is -0.310 e. The van der Waals surface area contributed by atoms with Crippen molar-refractivity contribution in [1.82, 2.24) is 5.32 Å². The van der Waals surface area contributed by atoms with Gasteiger partial charge in [-0.2, -0.15) is 0 Å². The lowest BCUT2D eigenvalue weighted by atomic mass is 10.4. The molecule has 1 aromatic heterocycles. The molecule has 1 heterocycles. The molecule has 12 heavy (non-hydrogen) atoms. The van der Waals surface area contributed by atoms with Crippen LogP contribution in [0.4, 0.5) is 0 Å². The maximum absolute atomic E-state index is 5.78. The molecule has 0 aliphatic rings. The lowest BCUT2D eigenvalue weighted by Crippen LogP contribution is -2.20. The van der Waals surface area contributed by atoms with E-state index in [2.05, 4.69) is 33.4 Å². The number of halogens is 2. The quantitative estimate of drug-likeness (QED) is 0.827. The van der Waals surface area contributed by atoms with Crippen molar-refractivity contribution in [2.75, 3.05) is 6.54 Å². The van der Waals surface area contributed by atoms with E-state index in [-0.39, 0.29) is 5.38 Å². The Labute approximate surface area is 90.3 Å². The summed E-state index contributed by atoms with van der Waals surface area (Å²) < 4.78 is 1.18. The molecular weight excluding hydrogens is 258 g/mol. The summed E-state index contributed by atoms with van der Waals surface area (Å²) in [6.07, 6.45) is 0. The molecule has 0 saturated heterocycles. The molecular formula is C8H11BrClNS. The number of thiophene rings is 1. The molecule has 0 radical (unpaired) electrons. The van der Waals surface area contributed by atoms with Crippen LogP contribution in [-0.2, 0) is 6.54 Å². The molecule has 1 N–H and O–H groups in total. The van der Waals surface area contributed by atoms with Crippen LogP contribution in [0.15, 0.2) is 15.9 Å². The van der Waals surface area contributed by atoms with Crippen LogP contribution in [0.3, 0.4) is 0 Å². The van der Waals surface area contributed by atoms with Gasteiger partial charge in [-0.3, -0.25) is 0 Å². The van der Waals surface area contributed by atoms with Gasteiger partial charge < -0.3 is 5.32 Å². The third kappa shape index (κ3) is 3.90. The van der Waals surface area contributed by atoms with Crippen LogP contribution in [0.25, 0.3) is 0 Å². The van der Waals surface area contributed by atoms with Gasteiger partial charge in [-0.15, -0.1) is 22.9 Å². The van der Waals surface area contributed by atoms with Crippen molar-refractivity contribution >= 4 is 38.9 Å². The summed E-state index contributed by atoms with van der Waals surface area (Å²) in [6.45, 7) is 3.75. The molecule has 0 amide bonds. The Morgan fingerprint density at radius 3 is 2.92 bits per heavy atom. The van der Waals surface area contributed by atoms with Gasteiger partial charge in [0, 0.05) is 23.3 Å². The Morgan fingerprint density at radius 1 is 1.67 bits per heavy atom. The predicted molar refractivity (Wildman–Crippen MR) is 59.0 cm³/mol. The van der Waals surface area contributed by atoms with Crippen molar-refractivity contribution in [3.05, 3.63) is 20.8 Å². The molecule has 0 fully saturated rings. The molecule has 0 aromatic carbocycles. The maximum atomic E-state index is 5.78. The highest BCUT2D eigenvalue weighted by Gasteiger charge is 1.98. The van der Waals surface area contributed by atoms with E-state index >= 15 is 0 Å². The van der Waals surface area contributed by atoms with E-state index in [0.717, 1.165) is 13.1 Å². The average Bonchev–Trinajstić information content (AvgIpc) is 2.35. The van der Waals surface area contributed by atoms with Crippen LogP contribution in [0, 0.1) is 0 Å². The Kier molecular flexibility index (Phi) is 4.57. The highest BCUT2D eigenvalue weighted by atomic mass is 79.9. The zero-order valence-electron chi connectivity index (χ0n) is 6.81. The fourth-order valence-electron chi connectivity index (χ4n) is 0.841. The fraction of sp³-hybridized carbons (Fsp3) is 0.500. The Morgan fingerprint density at radius 2 is 2.42 bits per heavy atom. The normalized spacial score (nSPS) is 13.2. The van der Waals surface area contributed by atoms with Crippen LogP contribution < -0.4 is 5.32 Å². The molecule has 0 bridgehead atoms. The third-order valence-corrected chi connectivity index (χ3v) is 3.13. The second-order valence-electron chi connectivity index (χ2n) is 2.62. The molecule has 1 rings (SSSR count). The second kappa shape index (κ2) is 5.22. The topological polar surface area (TPSA) is 12.0 Å². The minimum atomic E-state index is 0.202. The smallest absolute Gasteiger partial charge is 0.0701 e. The van der Waals surface area contributed by atoms with Crippen molar-refractivity contribution in [1.29, 1.82) is 0 Å². The summed E-state index contributed by atoms with van der Waals surface area (Å²) >= 11 is 10.9. The molecule has 1 atom stereocenters. The number of hydrogen-bond donors (Lipinski definition) is 1. The van der Waals surface area contributed by atoms with Gasteiger partial charge in [0.15, 0.2) is 0 Å². The van der Waals surface area contributed by atoms with Gasteiger partial charge in [0.2, 0.25) is 0 Å². The van der Waals surface area contributed by atoms with Gasteiger partial charge in [-0.1, -0.05) is 0 Å². The summed E-state index contributed by atoms with van der Waals surface area (Å²) in [7, 11) is 0. The minimum absolute atomic E-state index is 0.202. The van der Waals surface area contributed by atoms with E-state index in [1.807, 2.05) is 6.92 Å². The number of nitrogens with one attached hydrogen (secondary N) is 1. The predicted octanol–water partition coefficient (Wildman–Crippen LogP) is 3.23. The summed E-state index contributed by atoms with van der Waals surface area (Å²) in [5.74, 6) is 0. The zero-order chi connectivity index (χ0) is 8.97. The van der Waals surface area contributed by atoms with Gasteiger partial charge in [0.1, 0.15) is 0 Å². The van der Waals surface area contributed by atoms with Crippen LogP contribution in [0.2, 0.25) is 0 Å². The summed E-state index contributed by atoms with van der Waals surface area (Å²) in [5.41, 5.74) is 0. The van der Waals surface area contributed by atoms with E-state index in [4.69, 9.17) is 11.6 Å². The Bertz CT molecular complexity index is 237. The molecule has 1 unspecified atom stereocenters. The Hall–Kier alpha value is 0.430. The molecule has 0 aliphatic carbocycles. The van der Waals surface area contributed by atoms with Crippen molar-refractivity contribution in [2.45, 2.75) is 18.8 Å². The van der Waals surface area contributed by atoms with Crippen molar-refractivity contribution in [3.63, 3.8) is 0 Å². The number of alkyl halides is 1. The molecule has 4 heteroatoms. The van der Waals surface area contributed by atoms with Gasteiger partial charge in [0.05, 0.1) is 3.79 Å². The monoisotopic (exact) mass is 267 g/mol. The summed E-state index contributed by atoms with van der Waals surface area (Å²) in [4.78, 5) is 1.33. The van der Waals surface area contributed by atoms with Crippen molar-refractivity contribution < 1.29 is 0 Å². The molecule has 68 valence electrons.